The predicted octanol–water partition coefficient (Wildman–Crippen LogP) is 2.36. The molecule has 1 aromatic rings. The van der Waals surface area contributed by atoms with Crippen LogP contribution in [0.4, 0.5) is 0 Å². The summed E-state index contributed by atoms with van der Waals surface area (Å²) < 4.78 is 1.51. The van der Waals surface area contributed by atoms with Gasteiger partial charge >= 0.3 is 0 Å². The summed E-state index contributed by atoms with van der Waals surface area (Å²) in [4.78, 5) is 19.5. The molecule has 3 aliphatic rings. The Balaban J connectivity index is 1.70. The first-order valence-electron chi connectivity index (χ1n) is 7.48. The van der Waals surface area contributed by atoms with Gasteiger partial charge < -0.3 is 0 Å². The summed E-state index contributed by atoms with van der Waals surface area (Å²) in [6, 6.07) is 2.00. The number of amides is 1. The molecule has 2 aliphatic heterocycles. The average molecular weight is 289 g/mol. The Morgan fingerprint density at radius 2 is 2.05 bits per heavy atom. The monoisotopic (exact) mass is 289 g/mol. The van der Waals surface area contributed by atoms with Gasteiger partial charge in [-0.2, -0.15) is 0 Å². The molecular formula is C15H19N3OS. The average Bonchev–Trinajstić information content (AvgIpc) is 3.09. The van der Waals surface area contributed by atoms with E-state index >= 15 is 0 Å². The van der Waals surface area contributed by atoms with Crippen molar-refractivity contribution in [3.8, 4) is 0 Å². The minimum Gasteiger partial charge on any atom is -0.298 e. The molecule has 5 heteroatoms. The normalized spacial score (nSPS) is 22.6. The Kier molecular flexibility index (Phi) is 3.00. The molecule has 0 unspecified atom stereocenters. The number of hydrogen-bond donors (Lipinski definition) is 1. The van der Waals surface area contributed by atoms with Gasteiger partial charge in [-0.25, -0.2) is 0 Å². The molecule has 1 saturated heterocycles. The van der Waals surface area contributed by atoms with Crippen LogP contribution in [0.3, 0.4) is 0 Å². The molecule has 0 bridgehead atoms. The quantitative estimate of drug-likeness (QED) is 0.868. The molecule has 2 fully saturated rings. The molecule has 1 amide bonds. The van der Waals surface area contributed by atoms with Crippen molar-refractivity contribution in [1.29, 1.82) is 0 Å². The molecule has 106 valence electrons. The van der Waals surface area contributed by atoms with Crippen molar-refractivity contribution in [1.82, 2.24) is 14.2 Å². The van der Waals surface area contributed by atoms with Crippen molar-refractivity contribution in [2.24, 2.45) is 0 Å². The van der Waals surface area contributed by atoms with Crippen molar-refractivity contribution in [3.05, 3.63) is 28.6 Å². The van der Waals surface area contributed by atoms with Crippen LogP contribution in [0.1, 0.15) is 58.9 Å². The maximum atomic E-state index is 12.2. The number of aromatic nitrogens is 1. The highest BCUT2D eigenvalue weighted by atomic mass is 32.1. The van der Waals surface area contributed by atoms with Crippen LogP contribution in [0.15, 0.2) is 6.07 Å². The van der Waals surface area contributed by atoms with E-state index in [-0.39, 0.29) is 5.91 Å². The summed E-state index contributed by atoms with van der Waals surface area (Å²) in [7, 11) is 0. The lowest BCUT2D eigenvalue weighted by Crippen LogP contribution is -2.20. The number of carbonyl (C=O) groups excluding carboxylic acids is 1. The molecule has 1 aromatic heterocycles. The van der Waals surface area contributed by atoms with Crippen LogP contribution in [-0.2, 0) is 13.1 Å². The Bertz CT molecular complexity index is 564. The van der Waals surface area contributed by atoms with E-state index in [4.69, 9.17) is 4.98 Å². The summed E-state index contributed by atoms with van der Waals surface area (Å²) in [6.07, 6.45) is 4.99. The summed E-state index contributed by atoms with van der Waals surface area (Å²) in [5.41, 5.74) is 4.19. The number of fused-ring (bicyclic) bond motifs is 1. The van der Waals surface area contributed by atoms with E-state index in [2.05, 4.69) is 17.7 Å². The summed E-state index contributed by atoms with van der Waals surface area (Å²) >= 11 is 4.26. The van der Waals surface area contributed by atoms with Gasteiger partial charge in [-0.05, 0) is 44.8 Å². The molecule has 20 heavy (non-hydrogen) atoms. The topological polar surface area (TPSA) is 36.4 Å². The van der Waals surface area contributed by atoms with Gasteiger partial charge in [0.05, 0.1) is 12.2 Å². The summed E-state index contributed by atoms with van der Waals surface area (Å²) in [6.45, 7) is 3.81. The molecule has 0 radical (unpaired) electrons. The second-order valence-electron chi connectivity index (χ2n) is 6.15. The molecule has 0 aromatic carbocycles. The largest absolute Gasteiger partial charge is 0.298 e. The van der Waals surface area contributed by atoms with E-state index in [1.54, 1.807) is 0 Å². The first-order chi connectivity index (χ1) is 9.72. The Morgan fingerprint density at radius 3 is 2.75 bits per heavy atom. The molecule has 1 saturated carbocycles. The maximum Gasteiger partial charge on any atom is 0.264 e. The Hall–Kier alpha value is -1.07. The van der Waals surface area contributed by atoms with Gasteiger partial charge in [-0.3, -0.25) is 19.0 Å². The minimum absolute atomic E-state index is 0.0373. The van der Waals surface area contributed by atoms with Crippen LogP contribution < -0.4 is 0 Å². The van der Waals surface area contributed by atoms with Crippen molar-refractivity contribution in [2.45, 2.75) is 44.7 Å². The van der Waals surface area contributed by atoms with Gasteiger partial charge in [0, 0.05) is 29.3 Å². The molecular weight excluding hydrogens is 270 g/mol. The number of carbonyl (C=O) groups is 1. The van der Waals surface area contributed by atoms with E-state index in [0.717, 1.165) is 36.5 Å². The number of thiol groups is 1. The van der Waals surface area contributed by atoms with Crippen molar-refractivity contribution < 1.29 is 4.79 Å². The fraction of sp³-hybridized carbons (Fsp3) is 0.600. The van der Waals surface area contributed by atoms with E-state index in [9.17, 15) is 4.79 Å². The van der Waals surface area contributed by atoms with Crippen molar-refractivity contribution in [3.63, 3.8) is 0 Å². The first kappa shape index (κ1) is 12.7. The lowest BCUT2D eigenvalue weighted by atomic mass is 10.0. The second-order valence-corrected chi connectivity index (χ2v) is 6.63. The van der Waals surface area contributed by atoms with Gasteiger partial charge in [-0.15, -0.1) is 0 Å². The molecule has 0 N–H and O–H groups in total. The maximum absolute atomic E-state index is 12.2. The molecule has 0 atom stereocenters. The number of rotatable bonds is 3. The lowest BCUT2D eigenvalue weighted by molar-refractivity contribution is 0.0891. The Morgan fingerprint density at radius 1 is 1.30 bits per heavy atom. The van der Waals surface area contributed by atoms with Crippen LogP contribution in [0, 0.1) is 0 Å². The highest BCUT2D eigenvalue weighted by Gasteiger charge is 2.35. The number of pyridine rings is 1. The SMILES string of the molecule is O=C1c2cc(CN3CCCC3)nc(C3CC3)c2CN1S. The highest BCUT2D eigenvalue weighted by Crippen LogP contribution is 2.43. The second kappa shape index (κ2) is 4.74. The number of nitrogens with zero attached hydrogens (tertiary/aromatic N) is 3. The van der Waals surface area contributed by atoms with E-state index < -0.39 is 0 Å². The number of likely N-dealkylation sites (tertiary alicyclic amines) is 1. The number of hydrogen-bond acceptors (Lipinski definition) is 4. The van der Waals surface area contributed by atoms with Crippen LogP contribution in [0.25, 0.3) is 0 Å². The van der Waals surface area contributed by atoms with E-state index in [0.29, 0.717) is 12.5 Å². The third kappa shape index (κ3) is 2.13. The first-order valence-corrected chi connectivity index (χ1v) is 7.88. The van der Waals surface area contributed by atoms with Gasteiger partial charge in [0.25, 0.3) is 5.91 Å². The summed E-state index contributed by atoms with van der Waals surface area (Å²) in [5.74, 6) is 0.616. The predicted molar refractivity (Wildman–Crippen MR) is 79.6 cm³/mol. The van der Waals surface area contributed by atoms with Crippen molar-refractivity contribution in [2.75, 3.05) is 13.1 Å². The fourth-order valence-electron chi connectivity index (χ4n) is 3.31. The van der Waals surface area contributed by atoms with E-state index in [1.165, 1.54) is 35.7 Å². The molecule has 3 heterocycles. The summed E-state index contributed by atoms with van der Waals surface area (Å²) in [5, 5.41) is 0. The zero-order valence-corrected chi connectivity index (χ0v) is 12.4. The van der Waals surface area contributed by atoms with Gasteiger partial charge in [0.1, 0.15) is 0 Å². The van der Waals surface area contributed by atoms with Crippen LogP contribution in [-0.4, -0.2) is 33.2 Å². The minimum atomic E-state index is 0.0373. The van der Waals surface area contributed by atoms with Crippen LogP contribution >= 0.6 is 12.8 Å². The molecule has 0 spiro atoms. The Labute approximate surface area is 124 Å². The lowest BCUT2D eigenvalue weighted by Gasteiger charge is -2.15. The van der Waals surface area contributed by atoms with E-state index in [1.807, 2.05) is 6.07 Å². The fourth-order valence-corrected chi connectivity index (χ4v) is 3.56. The molecule has 4 nitrogen and oxygen atoms in total. The van der Waals surface area contributed by atoms with Crippen LogP contribution in [0.2, 0.25) is 0 Å². The van der Waals surface area contributed by atoms with Crippen molar-refractivity contribution >= 4 is 18.7 Å². The highest BCUT2D eigenvalue weighted by molar-refractivity contribution is 7.78. The zero-order chi connectivity index (χ0) is 13.7. The zero-order valence-electron chi connectivity index (χ0n) is 11.5. The molecule has 4 rings (SSSR count). The smallest absolute Gasteiger partial charge is 0.264 e. The van der Waals surface area contributed by atoms with Gasteiger partial charge in [-0.1, -0.05) is 12.8 Å². The standard InChI is InChI=1S/C15H19N3OS/c19-15-12-7-11(8-17-5-1-2-6-17)16-14(10-3-4-10)13(12)9-18(15)20/h7,10,20H,1-6,8-9H2. The van der Waals surface area contributed by atoms with Gasteiger partial charge in [0.2, 0.25) is 0 Å². The van der Waals surface area contributed by atoms with Gasteiger partial charge in [0.15, 0.2) is 0 Å². The third-order valence-electron chi connectivity index (χ3n) is 4.53. The van der Waals surface area contributed by atoms with Crippen LogP contribution in [0.5, 0.6) is 0 Å². The molecule has 1 aliphatic carbocycles. The third-order valence-corrected chi connectivity index (χ3v) is 4.85.